The second-order valence-corrected chi connectivity index (χ2v) is 3.77. The van der Waals surface area contributed by atoms with Crippen LogP contribution in [0.2, 0.25) is 0 Å². The molecule has 0 aliphatic heterocycles. The van der Waals surface area contributed by atoms with Gasteiger partial charge in [0.2, 0.25) is 0 Å². The molecule has 16 heavy (non-hydrogen) atoms. The molecule has 1 rings (SSSR count). The molecular weight excluding hydrogens is 317 g/mol. The Morgan fingerprint density at radius 1 is 1.25 bits per heavy atom. The normalized spacial score (nSPS) is 8.38. The number of rotatable bonds is 1. The van der Waals surface area contributed by atoms with Crippen LogP contribution < -0.4 is 11.5 Å². The van der Waals surface area contributed by atoms with Gasteiger partial charge in [0, 0.05) is 10.0 Å². The fourth-order valence-corrected chi connectivity index (χ4v) is 1.65. The highest BCUT2D eigenvalue weighted by Gasteiger charge is 2.05. The molecule has 4 nitrogen and oxygen atoms in total. The lowest BCUT2D eigenvalue weighted by molar-refractivity contribution is 0.100. The van der Waals surface area contributed by atoms with Gasteiger partial charge in [-0.2, -0.15) is 4.99 Å². The standard InChI is InChI=1S/C9H10BrN3O.2ClH/c1-5-2-6(4-7(10)3-5)8(14)13-9(11)12;;/h2-4H,1H3,(H4,11,12,13,14);2*1H. The quantitative estimate of drug-likeness (QED) is 0.611. The Morgan fingerprint density at radius 3 is 2.25 bits per heavy atom. The van der Waals surface area contributed by atoms with Gasteiger partial charge in [0.15, 0.2) is 5.96 Å². The topological polar surface area (TPSA) is 81.5 Å². The third-order valence-electron chi connectivity index (χ3n) is 1.52. The predicted octanol–water partition coefficient (Wildman–Crippen LogP) is 2.01. The molecule has 0 heterocycles. The Labute approximate surface area is 114 Å². The van der Waals surface area contributed by atoms with E-state index in [1.54, 1.807) is 12.1 Å². The van der Waals surface area contributed by atoms with Crippen LogP contribution in [-0.4, -0.2) is 11.9 Å². The number of hydrogen-bond donors (Lipinski definition) is 2. The summed E-state index contributed by atoms with van der Waals surface area (Å²) in [6, 6.07) is 5.29. The van der Waals surface area contributed by atoms with Crippen LogP contribution in [0.25, 0.3) is 0 Å². The van der Waals surface area contributed by atoms with Gasteiger partial charge in [-0.3, -0.25) is 4.79 Å². The molecule has 1 aromatic carbocycles. The van der Waals surface area contributed by atoms with Crippen molar-refractivity contribution in [3.05, 3.63) is 33.8 Å². The smallest absolute Gasteiger partial charge is 0.280 e. The van der Waals surface area contributed by atoms with Gasteiger partial charge in [-0.05, 0) is 30.7 Å². The number of carbonyl (C=O) groups is 1. The van der Waals surface area contributed by atoms with Crippen molar-refractivity contribution in [2.75, 3.05) is 0 Å². The number of aryl methyl sites for hydroxylation is 1. The molecule has 0 aliphatic rings. The SMILES string of the molecule is Cc1cc(Br)cc(C(=O)N=C(N)N)c1.Cl.Cl. The third-order valence-corrected chi connectivity index (χ3v) is 1.98. The summed E-state index contributed by atoms with van der Waals surface area (Å²) in [4.78, 5) is 14.8. The van der Waals surface area contributed by atoms with Crippen LogP contribution >= 0.6 is 40.7 Å². The van der Waals surface area contributed by atoms with Crippen LogP contribution in [0.1, 0.15) is 15.9 Å². The van der Waals surface area contributed by atoms with Gasteiger partial charge in [-0.25, -0.2) is 0 Å². The van der Waals surface area contributed by atoms with Crippen molar-refractivity contribution in [2.45, 2.75) is 6.92 Å². The van der Waals surface area contributed by atoms with Crippen molar-refractivity contribution in [1.82, 2.24) is 0 Å². The Morgan fingerprint density at radius 2 is 1.81 bits per heavy atom. The van der Waals surface area contributed by atoms with Crippen molar-refractivity contribution in [3.63, 3.8) is 0 Å². The second-order valence-electron chi connectivity index (χ2n) is 2.86. The molecule has 0 spiro atoms. The van der Waals surface area contributed by atoms with Gasteiger partial charge >= 0.3 is 0 Å². The summed E-state index contributed by atoms with van der Waals surface area (Å²) < 4.78 is 0.826. The lowest BCUT2D eigenvalue weighted by Gasteiger charge is -1.99. The number of nitrogens with zero attached hydrogens (tertiary/aromatic N) is 1. The van der Waals surface area contributed by atoms with E-state index in [0.717, 1.165) is 10.0 Å². The molecule has 0 fully saturated rings. The fourth-order valence-electron chi connectivity index (χ4n) is 1.04. The lowest BCUT2D eigenvalue weighted by atomic mass is 10.1. The largest absolute Gasteiger partial charge is 0.370 e. The summed E-state index contributed by atoms with van der Waals surface area (Å²) in [5, 5.41) is 0. The number of aliphatic imine (C=N–C) groups is 1. The average Bonchev–Trinajstić information content (AvgIpc) is 2.00. The van der Waals surface area contributed by atoms with Gasteiger partial charge in [0.1, 0.15) is 0 Å². The molecule has 0 bridgehead atoms. The van der Waals surface area contributed by atoms with E-state index in [0.29, 0.717) is 5.56 Å². The molecular formula is C9H12BrCl2N3O. The molecule has 1 amide bonds. The van der Waals surface area contributed by atoms with E-state index < -0.39 is 5.91 Å². The van der Waals surface area contributed by atoms with Gasteiger partial charge < -0.3 is 11.5 Å². The monoisotopic (exact) mass is 327 g/mol. The number of benzene rings is 1. The molecule has 7 heteroatoms. The summed E-state index contributed by atoms with van der Waals surface area (Å²) in [5.41, 5.74) is 11.6. The molecule has 0 aromatic heterocycles. The van der Waals surface area contributed by atoms with Crippen molar-refractivity contribution in [1.29, 1.82) is 0 Å². The molecule has 0 saturated carbocycles. The zero-order valence-corrected chi connectivity index (χ0v) is 11.7. The van der Waals surface area contributed by atoms with Crippen LogP contribution in [0.4, 0.5) is 0 Å². The number of nitrogens with two attached hydrogens (primary N) is 2. The maximum atomic E-state index is 11.4. The zero-order chi connectivity index (χ0) is 10.7. The first-order chi connectivity index (χ1) is 6.49. The van der Waals surface area contributed by atoms with Crippen LogP contribution in [0.15, 0.2) is 27.7 Å². The van der Waals surface area contributed by atoms with E-state index in [1.165, 1.54) is 0 Å². The van der Waals surface area contributed by atoms with Gasteiger partial charge in [0.05, 0.1) is 0 Å². The summed E-state index contributed by atoms with van der Waals surface area (Å²) in [5.74, 6) is -0.665. The maximum absolute atomic E-state index is 11.4. The second kappa shape index (κ2) is 7.49. The summed E-state index contributed by atoms with van der Waals surface area (Å²) in [6.07, 6.45) is 0. The van der Waals surface area contributed by atoms with E-state index in [4.69, 9.17) is 11.5 Å². The lowest BCUT2D eigenvalue weighted by Crippen LogP contribution is -2.24. The molecule has 0 radical (unpaired) electrons. The van der Waals surface area contributed by atoms with Crippen LogP contribution in [0.5, 0.6) is 0 Å². The van der Waals surface area contributed by atoms with Gasteiger partial charge in [-0.1, -0.05) is 15.9 Å². The van der Waals surface area contributed by atoms with E-state index in [2.05, 4.69) is 20.9 Å². The van der Waals surface area contributed by atoms with E-state index in [9.17, 15) is 4.79 Å². The fraction of sp³-hybridized carbons (Fsp3) is 0.111. The molecule has 0 unspecified atom stereocenters. The van der Waals surface area contributed by atoms with Crippen molar-refractivity contribution in [2.24, 2.45) is 16.5 Å². The summed E-state index contributed by atoms with van der Waals surface area (Å²) in [6.45, 7) is 1.89. The van der Waals surface area contributed by atoms with Gasteiger partial charge in [0.25, 0.3) is 5.91 Å². The van der Waals surface area contributed by atoms with E-state index >= 15 is 0 Å². The van der Waals surface area contributed by atoms with Crippen LogP contribution in [0.3, 0.4) is 0 Å². The first kappa shape index (κ1) is 17.6. The Kier molecular flexibility index (Phi) is 8.24. The summed E-state index contributed by atoms with van der Waals surface area (Å²) in [7, 11) is 0. The Bertz CT molecular complexity index is 385. The number of halogens is 3. The van der Waals surface area contributed by atoms with E-state index in [1.807, 2.05) is 13.0 Å². The number of hydrogen-bond acceptors (Lipinski definition) is 1. The van der Waals surface area contributed by atoms with Crippen molar-refractivity contribution < 1.29 is 4.79 Å². The highest BCUT2D eigenvalue weighted by molar-refractivity contribution is 9.10. The highest BCUT2D eigenvalue weighted by atomic mass is 79.9. The molecule has 0 atom stereocenters. The minimum absolute atomic E-state index is 0. The van der Waals surface area contributed by atoms with Crippen molar-refractivity contribution >= 4 is 52.6 Å². The van der Waals surface area contributed by atoms with Crippen molar-refractivity contribution in [3.8, 4) is 0 Å². The molecule has 0 saturated heterocycles. The van der Waals surface area contributed by atoms with Gasteiger partial charge in [-0.15, -0.1) is 24.8 Å². The molecule has 90 valence electrons. The third kappa shape index (κ3) is 5.34. The maximum Gasteiger partial charge on any atom is 0.280 e. The Hall–Kier alpha value is -0.780. The first-order valence-corrected chi connectivity index (χ1v) is 4.69. The summed E-state index contributed by atoms with van der Waals surface area (Å²) >= 11 is 3.28. The zero-order valence-electron chi connectivity index (χ0n) is 8.44. The number of amides is 1. The predicted molar refractivity (Wildman–Crippen MR) is 73.5 cm³/mol. The minimum atomic E-state index is -0.436. The van der Waals surface area contributed by atoms with E-state index in [-0.39, 0.29) is 30.8 Å². The number of guanidine groups is 1. The Balaban J connectivity index is 0. The molecule has 4 N–H and O–H groups in total. The van der Waals surface area contributed by atoms with Crippen LogP contribution in [0, 0.1) is 6.92 Å². The van der Waals surface area contributed by atoms with Crippen LogP contribution in [-0.2, 0) is 0 Å². The minimum Gasteiger partial charge on any atom is -0.370 e. The number of carbonyl (C=O) groups excluding carboxylic acids is 1. The first-order valence-electron chi connectivity index (χ1n) is 3.90. The average molecular weight is 329 g/mol. The molecule has 1 aromatic rings. The molecule has 0 aliphatic carbocycles. The highest BCUT2D eigenvalue weighted by Crippen LogP contribution is 2.15.